The van der Waals surface area contributed by atoms with Crippen LogP contribution in [0.25, 0.3) is 5.82 Å². The molecular formula is C19H26N8O. The van der Waals surface area contributed by atoms with Crippen LogP contribution in [0.2, 0.25) is 0 Å². The number of hydrogen-bond donors (Lipinski definition) is 3. The second-order valence-corrected chi connectivity index (χ2v) is 6.70. The van der Waals surface area contributed by atoms with Crippen molar-refractivity contribution in [2.45, 2.75) is 26.0 Å². The minimum Gasteiger partial charge on any atom is -0.383 e. The van der Waals surface area contributed by atoms with Gasteiger partial charge in [0.1, 0.15) is 5.60 Å². The maximum atomic E-state index is 10.7. The molecule has 3 aromatic heterocycles. The Kier molecular flexibility index (Phi) is 6.05. The lowest BCUT2D eigenvalue weighted by atomic mass is 10.00. The lowest BCUT2D eigenvalue weighted by molar-refractivity contribution is 0.0616. The molecule has 9 heteroatoms. The van der Waals surface area contributed by atoms with Gasteiger partial charge in [0.05, 0.1) is 19.3 Å². The molecule has 9 nitrogen and oxygen atoms in total. The summed E-state index contributed by atoms with van der Waals surface area (Å²) in [7, 11) is 1.82. The molecule has 0 aliphatic carbocycles. The monoisotopic (exact) mass is 382 g/mol. The predicted octanol–water partition coefficient (Wildman–Crippen LogP) is 0.964. The Balaban J connectivity index is 1.67. The normalized spacial score (nSPS) is 13.9. The Bertz CT molecular complexity index is 914. The molecule has 0 bridgehead atoms. The average molecular weight is 382 g/mol. The largest absolute Gasteiger partial charge is 0.383 e. The summed E-state index contributed by atoms with van der Waals surface area (Å²) in [6, 6.07) is 5.73. The van der Waals surface area contributed by atoms with E-state index in [-0.39, 0.29) is 0 Å². The first-order valence-corrected chi connectivity index (χ1v) is 9.16. The maximum Gasteiger partial charge on any atom is 0.191 e. The van der Waals surface area contributed by atoms with Crippen LogP contribution in [0.1, 0.15) is 25.0 Å². The van der Waals surface area contributed by atoms with E-state index in [0.29, 0.717) is 19.0 Å². The Morgan fingerprint density at radius 1 is 1.29 bits per heavy atom. The van der Waals surface area contributed by atoms with Crippen molar-refractivity contribution in [3.63, 3.8) is 0 Å². The van der Waals surface area contributed by atoms with E-state index >= 15 is 0 Å². The summed E-state index contributed by atoms with van der Waals surface area (Å²) in [5.74, 6) is 1.37. The summed E-state index contributed by atoms with van der Waals surface area (Å²) in [5.41, 5.74) is 0.696. The first-order valence-electron chi connectivity index (χ1n) is 9.16. The Morgan fingerprint density at radius 2 is 2.14 bits per heavy atom. The first kappa shape index (κ1) is 19.6. The van der Waals surface area contributed by atoms with Gasteiger partial charge in [0.2, 0.25) is 0 Å². The van der Waals surface area contributed by atoms with Crippen LogP contribution >= 0.6 is 0 Å². The third-order valence-corrected chi connectivity index (χ3v) is 4.24. The molecule has 0 amide bonds. The van der Waals surface area contributed by atoms with Crippen molar-refractivity contribution in [2.24, 2.45) is 12.0 Å². The lowest BCUT2D eigenvalue weighted by Gasteiger charge is -2.23. The third-order valence-electron chi connectivity index (χ3n) is 4.24. The summed E-state index contributed by atoms with van der Waals surface area (Å²) < 4.78 is 3.38. The highest BCUT2D eigenvalue weighted by Gasteiger charge is 2.24. The van der Waals surface area contributed by atoms with E-state index < -0.39 is 5.60 Å². The summed E-state index contributed by atoms with van der Waals surface area (Å²) in [5, 5.41) is 25.4. The van der Waals surface area contributed by atoms with E-state index in [1.165, 1.54) is 0 Å². The van der Waals surface area contributed by atoms with Crippen LogP contribution < -0.4 is 10.6 Å². The molecule has 0 aliphatic rings. The quantitative estimate of drug-likeness (QED) is 0.415. The van der Waals surface area contributed by atoms with Crippen LogP contribution in [0.3, 0.4) is 0 Å². The summed E-state index contributed by atoms with van der Waals surface area (Å²) >= 11 is 0. The van der Waals surface area contributed by atoms with E-state index in [1.807, 2.05) is 38.4 Å². The van der Waals surface area contributed by atoms with E-state index in [9.17, 15) is 5.11 Å². The van der Waals surface area contributed by atoms with Crippen LogP contribution in [0.4, 0.5) is 0 Å². The van der Waals surface area contributed by atoms with Crippen molar-refractivity contribution in [3.8, 4) is 5.82 Å². The molecule has 0 fully saturated rings. The Morgan fingerprint density at radius 3 is 2.82 bits per heavy atom. The number of aryl methyl sites for hydroxylation is 1. The Hall–Kier alpha value is -3.20. The smallest absolute Gasteiger partial charge is 0.191 e. The van der Waals surface area contributed by atoms with Gasteiger partial charge in [-0.3, -0.25) is 4.68 Å². The van der Waals surface area contributed by atoms with E-state index in [2.05, 4.69) is 30.8 Å². The minimum absolute atomic E-state index is 0.305. The van der Waals surface area contributed by atoms with Crippen LogP contribution in [0.5, 0.6) is 0 Å². The van der Waals surface area contributed by atoms with E-state index in [4.69, 9.17) is 0 Å². The molecular weight excluding hydrogens is 356 g/mol. The fourth-order valence-corrected chi connectivity index (χ4v) is 2.66. The highest BCUT2D eigenvalue weighted by Crippen LogP contribution is 2.18. The van der Waals surface area contributed by atoms with Crippen LogP contribution in [-0.2, 0) is 19.2 Å². The number of rotatable bonds is 7. The van der Waals surface area contributed by atoms with E-state index in [1.54, 1.807) is 41.1 Å². The van der Waals surface area contributed by atoms with Crippen molar-refractivity contribution in [1.29, 1.82) is 0 Å². The molecule has 1 atom stereocenters. The fourth-order valence-electron chi connectivity index (χ4n) is 2.66. The van der Waals surface area contributed by atoms with Gasteiger partial charge in [0.25, 0.3) is 0 Å². The second-order valence-electron chi connectivity index (χ2n) is 6.70. The summed E-state index contributed by atoms with van der Waals surface area (Å²) in [4.78, 5) is 8.94. The van der Waals surface area contributed by atoms with Crippen molar-refractivity contribution in [1.82, 2.24) is 35.2 Å². The summed E-state index contributed by atoms with van der Waals surface area (Å²) in [6.45, 7) is 5.24. The molecule has 148 valence electrons. The molecule has 0 radical (unpaired) electrons. The van der Waals surface area contributed by atoms with Gasteiger partial charge in [-0.1, -0.05) is 0 Å². The summed E-state index contributed by atoms with van der Waals surface area (Å²) in [6.07, 6.45) is 8.78. The number of aliphatic hydroxyl groups is 1. The first-order chi connectivity index (χ1) is 13.5. The van der Waals surface area contributed by atoms with Crippen molar-refractivity contribution in [2.75, 3.05) is 13.1 Å². The van der Waals surface area contributed by atoms with Crippen molar-refractivity contribution in [3.05, 3.63) is 60.3 Å². The molecule has 0 saturated heterocycles. The zero-order chi connectivity index (χ0) is 20.0. The topological polar surface area (TPSA) is 105 Å². The molecule has 0 aromatic carbocycles. The van der Waals surface area contributed by atoms with E-state index in [0.717, 1.165) is 23.5 Å². The molecule has 3 aromatic rings. The number of nitrogens with one attached hydrogen (secondary N) is 2. The molecule has 0 saturated carbocycles. The second kappa shape index (κ2) is 8.66. The molecule has 0 spiro atoms. The molecule has 0 aliphatic heterocycles. The molecule has 28 heavy (non-hydrogen) atoms. The van der Waals surface area contributed by atoms with Crippen LogP contribution in [0, 0.1) is 0 Å². The van der Waals surface area contributed by atoms with Gasteiger partial charge >= 0.3 is 0 Å². The number of hydrogen-bond acceptors (Lipinski definition) is 5. The number of aromatic nitrogens is 5. The SMILES string of the molecule is CCNC(=NCc1ccnc(-n2cccn2)c1)NCC(C)(O)c1cnn(C)c1. The van der Waals surface area contributed by atoms with Crippen molar-refractivity contribution < 1.29 is 5.11 Å². The number of pyridine rings is 1. The molecule has 3 N–H and O–H groups in total. The highest BCUT2D eigenvalue weighted by atomic mass is 16.3. The minimum atomic E-state index is -1.06. The van der Waals surface area contributed by atoms with Crippen molar-refractivity contribution >= 4 is 5.96 Å². The number of guanidine groups is 1. The fraction of sp³-hybridized carbons (Fsp3) is 0.368. The maximum absolute atomic E-state index is 10.7. The van der Waals surface area contributed by atoms with Gasteiger partial charge in [0, 0.05) is 43.9 Å². The van der Waals surface area contributed by atoms with Gasteiger partial charge in [-0.05, 0) is 37.6 Å². The molecule has 3 heterocycles. The van der Waals surface area contributed by atoms with Gasteiger partial charge in [-0.15, -0.1) is 0 Å². The lowest BCUT2D eigenvalue weighted by Crippen LogP contribution is -2.44. The van der Waals surface area contributed by atoms with Gasteiger partial charge in [-0.25, -0.2) is 14.7 Å². The predicted molar refractivity (Wildman–Crippen MR) is 107 cm³/mol. The third kappa shape index (κ3) is 4.95. The molecule has 3 rings (SSSR count). The number of aliphatic imine (C=N–C) groups is 1. The standard InChI is InChI=1S/C19H26N8O/c1-4-20-18(23-14-19(2,28)16-12-25-26(3)13-16)22-11-15-6-8-21-17(10-15)27-9-5-7-24-27/h5-10,12-13,28H,4,11,14H2,1-3H3,(H2,20,22,23). The van der Waals surface area contributed by atoms with Gasteiger partial charge in [-0.2, -0.15) is 10.2 Å². The number of nitrogens with zero attached hydrogens (tertiary/aromatic N) is 6. The van der Waals surface area contributed by atoms with Crippen LogP contribution in [-0.4, -0.2) is 48.7 Å². The highest BCUT2D eigenvalue weighted by molar-refractivity contribution is 5.79. The molecule has 1 unspecified atom stereocenters. The Labute approximate surface area is 164 Å². The average Bonchev–Trinajstić information content (AvgIpc) is 3.36. The van der Waals surface area contributed by atoms with Gasteiger partial charge < -0.3 is 15.7 Å². The zero-order valence-corrected chi connectivity index (χ0v) is 16.4. The zero-order valence-electron chi connectivity index (χ0n) is 16.4. The van der Waals surface area contributed by atoms with Gasteiger partial charge in [0.15, 0.2) is 11.8 Å². The van der Waals surface area contributed by atoms with Crippen LogP contribution in [0.15, 0.2) is 54.2 Å².